The molecule has 1 heterocycles. The number of halogens is 1. The molecule has 0 bridgehead atoms. The quantitative estimate of drug-likeness (QED) is 0.806. The molecule has 3 N–H and O–H groups in total. The highest BCUT2D eigenvalue weighted by atomic mass is 79.9. The number of nitrogens with zero attached hydrogens (tertiary/aromatic N) is 1. The van der Waals surface area contributed by atoms with Crippen LogP contribution >= 0.6 is 15.9 Å². The van der Waals surface area contributed by atoms with Crippen molar-refractivity contribution in [2.24, 2.45) is 0 Å². The SMILES string of the molecule is O=C(O)c1nc(-c2ccc(Br)cc2)[nH]c1C(=O)O. The molecule has 7 heteroatoms. The minimum atomic E-state index is -1.38. The first-order valence-corrected chi connectivity index (χ1v) is 5.61. The van der Waals surface area contributed by atoms with Crippen LogP contribution < -0.4 is 0 Å². The van der Waals surface area contributed by atoms with Crippen molar-refractivity contribution in [3.05, 3.63) is 40.1 Å². The predicted molar refractivity (Wildman–Crippen MR) is 65.6 cm³/mol. The van der Waals surface area contributed by atoms with Gasteiger partial charge in [-0.1, -0.05) is 28.1 Å². The molecule has 0 atom stereocenters. The first-order valence-electron chi connectivity index (χ1n) is 4.81. The Morgan fingerprint density at radius 1 is 1.11 bits per heavy atom. The van der Waals surface area contributed by atoms with Crippen LogP contribution in [0.25, 0.3) is 11.4 Å². The van der Waals surface area contributed by atoms with E-state index in [1.54, 1.807) is 24.3 Å². The lowest BCUT2D eigenvalue weighted by atomic mass is 10.2. The summed E-state index contributed by atoms with van der Waals surface area (Å²) >= 11 is 3.27. The molecule has 0 spiro atoms. The van der Waals surface area contributed by atoms with Gasteiger partial charge in [-0.25, -0.2) is 14.6 Å². The van der Waals surface area contributed by atoms with E-state index in [4.69, 9.17) is 10.2 Å². The third-order valence-electron chi connectivity index (χ3n) is 2.24. The summed E-state index contributed by atoms with van der Waals surface area (Å²) in [6.07, 6.45) is 0. The second-order valence-corrected chi connectivity index (χ2v) is 4.34. The highest BCUT2D eigenvalue weighted by Crippen LogP contribution is 2.21. The van der Waals surface area contributed by atoms with Crippen molar-refractivity contribution in [2.45, 2.75) is 0 Å². The highest BCUT2D eigenvalue weighted by Gasteiger charge is 2.22. The van der Waals surface area contributed by atoms with Gasteiger partial charge in [-0.05, 0) is 12.1 Å². The standard InChI is InChI=1S/C11H7BrN2O4/c12-6-3-1-5(2-4-6)9-13-7(10(15)16)8(14-9)11(17)18/h1-4H,(H,13,14)(H,15,16)(H,17,18). The number of benzene rings is 1. The van der Waals surface area contributed by atoms with Gasteiger partial charge in [0.05, 0.1) is 0 Å². The maximum Gasteiger partial charge on any atom is 0.357 e. The molecular formula is C11H7BrN2O4. The second kappa shape index (κ2) is 4.61. The third-order valence-corrected chi connectivity index (χ3v) is 2.77. The Morgan fingerprint density at radius 3 is 2.17 bits per heavy atom. The van der Waals surface area contributed by atoms with Crippen molar-refractivity contribution in [1.29, 1.82) is 0 Å². The zero-order valence-corrected chi connectivity index (χ0v) is 10.4. The van der Waals surface area contributed by atoms with Crippen molar-refractivity contribution in [3.63, 3.8) is 0 Å². The number of aromatic carboxylic acids is 2. The third kappa shape index (κ3) is 2.25. The summed E-state index contributed by atoms with van der Waals surface area (Å²) in [4.78, 5) is 28.0. The van der Waals surface area contributed by atoms with Crippen LogP contribution in [0.5, 0.6) is 0 Å². The molecule has 0 aliphatic rings. The number of imidazole rings is 1. The Balaban J connectivity index is 2.53. The molecule has 0 unspecified atom stereocenters. The number of hydrogen-bond donors (Lipinski definition) is 3. The van der Waals surface area contributed by atoms with Gasteiger partial charge < -0.3 is 15.2 Å². The summed E-state index contributed by atoms with van der Waals surface area (Å²) in [5.41, 5.74) is -0.325. The number of aromatic nitrogens is 2. The summed E-state index contributed by atoms with van der Waals surface area (Å²) in [5.74, 6) is -2.53. The number of hydrogen-bond acceptors (Lipinski definition) is 3. The molecule has 0 fully saturated rings. The van der Waals surface area contributed by atoms with Crippen LogP contribution in [-0.4, -0.2) is 32.1 Å². The lowest BCUT2D eigenvalue weighted by Crippen LogP contribution is -2.07. The fourth-order valence-corrected chi connectivity index (χ4v) is 1.69. The molecule has 0 aliphatic heterocycles. The van der Waals surface area contributed by atoms with E-state index in [0.717, 1.165) is 4.47 Å². The first kappa shape index (κ1) is 12.3. The first-order chi connectivity index (χ1) is 8.49. The van der Waals surface area contributed by atoms with E-state index in [1.807, 2.05) is 0 Å². The molecule has 0 saturated heterocycles. The van der Waals surface area contributed by atoms with E-state index < -0.39 is 23.3 Å². The van der Waals surface area contributed by atoms with Gasteiger partial charge in [-0.3, -0.25) is 0 Å². The van der Waals surface area contributed by atoms with Gasteiger partial charge in [-0.15, -0.1) is 0 Å². The predicted octanol–water partition coefficient (Wildman–Crippen LogP) is 2.24. The number of H-pyrrole nitrogens is 1. The molecule has 92 valence electrons. The van der Waals surface area contributed by atoms with Crippen LogP contribution in [0, 0.1) is 0 Å². The van der Waals surface area contributed by atoms with Gasteiger partial charge in [0.2, 0.25) is 0 Å². The topological polar surface area (TPSA) is 103 Å². The smallest absolute Gasteiger partial charge is 0.357 e. The van der Waals surface area contributed by atoms with Crippen molar-refractivity contribution in [1.82, 2.24) is 9.97 Å². The van der Waals surface area contributed by atoms with Crippen molar-refractivity contribution in [3.8, 4) is 11.4 Å². The van der Waals surface area contributed by atoms with Crippen molar-refractivity contribution in [2.75, 3.05) is 0 Å². The Bertz CT molecular complexity index is 587. The van der Waals surface area contributed by atoms with Gasteiger partial charge in [0.25, 0.3) is 0 Å². The zero-order valence-electron chi connectivity index (χ0n) is 8.85. The average Bonchev–Trinajstić information content (AvgIpc) is 2.75. The van der Waals surface area contributed by atoms with Gasteiger partial charge in [0.15, 0.2) is 11.4 Å². The molecule has 0 amide bonds. The van der Waals surface area contributed by atoms with Crippen LogP contribution in [0.15, 0.2) is 28.7 Å². The molecule has 18 heavy (non-hydrogen) atoms. The lowest BCUT2D eigenvalue weighted by Gasteiger charge is -1.96. The normalized spacial score (nSPS) is 10.3. The molecule has 0 saturated carbocycles. The minimum Gasteiger partial charge on any atom is -0.477 e. The van der Waals surface area contributed by atoms with E-state index in [2.05, 4.69) is 25.9 Å². The summed E-state index contributed by atoms with van der Waals surface area (Å²) in [6, 6.07) is 6.89. The number of carboxylic acids is 2. The fraction of sp³-hybridized carbons (Fsp3) is 0. The number of aromatic amines is 1. The minimum absolute atomic E-state index is 0.206. The fourth-order valence-electron chi connectivity index (χ4n) is 1.43. The van der Waals surface area contributed by atoms with E-state index in [-0.39, 0.29) is 5.82 Å². The van der Waals surface area contributed by atoms with Gasteiger partial charge in [0, 0.05) is 10.0 Å². The summed E-state index contributed by atoms with van der Waals surface area (Å²) in [5, 5.41) is 17.7. The summed E-state index contributed by atoms with van der Waals surface area (Å²) < 4.78 is 0.856. The molecule has 2 rings (SSSR count). The summed E-state index contributed by atoms with van der Waals surface area (Å²) in [7, 11) is 0. The molecule has 6 nitrogen and oxygen atoms in total. The lowest BCUT2D eigenvalue weighted by molar-refractivity contribution is 0.0644. The van der Waals surface area contributed by atoms with Gasteiger partial charge in [0.1, 0.15) is 5.82 Å². The highest BCUT2D eigenvalue weighted by molar-refractivity contribution is 9.10. The molecule has 0 radical (unpaired) electrons. The largest absolute Gasteiger partial charge is 0.477 e. The van der Waals surface area contributed by atoms with E-state index in [0.29, 0.717) is 5.56 Å². The van der Waals surface area contributed by atoms with E-state index >= 15 is 0 Å². The maximum atomic E-state index is 10.9. The second-order valence-electron chi connectivity index (χ2n) is 3.43. The van der Waals surface area contributed by atoms with Crippen LogP contribution in [-0.2, 0) is 0 Å². The number of carboxylic acid groups (broad SMARTS) is 2. The Labute approximate surface area is 109 Å². The zero-order chi connectivity index (χ0) is 13.3. The Kier molecular flexibility index (Phi) is 3.15. The van der Waals surface area contributed by atoms with E-state index in [9.17, 15) is 9.59 Å². The molecular weight excluding hydrogens is 304 g/mol. The van der Waals surface area contributed by atoms with Crippen molar-refractivity contribution >= 4 is 27.9 Å². The molecule has 1 aromatic carbocycles. The van der Waals surface area contributed by atoms with Gasteiger partial charge in [-0.2, -0.15) is 0 Å². The van der Waals surface area contributed by atoms with E-state index in [1.165, 1.54) is 0 Å². The number of carbonyl (C=O) groups is 2. The van der Waals surface area contributed by atoms with Crippen LogP contribution in [0.2, 0.25) is 0 Å². The molecule has 1 aromatic heterocycles. The van der Waals surface area contributed by atoms with Crippen LogP contribution in [0.3, 0.4) is 0 Å². The Morgan fingerprint density at radius 2 is 1.72 bits per heavy atom. The number of rotatable bonds is 3. The monoisotopic (exact) mass is 310 g/mol. The van der Waals surface area contributed by atoms with Gasteiger partial charge >= 0.3 is 11.9 Å². The van der Waals surface area contributed by atoms with Crippen LogP contribution in [0.1, 0.15) is 21.0 Å². The van der Waals surface area contributed by atoms with Crippen LogP contribution in [0.4, 0.5) is 0 Å². The molecule has 0 aliphatic carbocycles. The molecule has 2 aromatic rings. The summed E-state index contributed by atoms with van der Waals surface area (Å²) in [6.45, 7) is 0. The number of nitrogens with one attached hydrogen (secondary N) is 1. The maximum absolute atomic E-state index is 10.9. The average molecular weight is 311 g/mol. The Hall–Kier alpha value is -2.15. The van der Waals surface area contributed by atoms with Crippen molar-refractivity contribution < 1.29 is 19.8 Å².